The lowest BCUT2D eigenvalue weighted by Crippen LogP contribution is -2.54. The van der Waals surface area contributed by atoms with Crippen molar-refractivity contribution in [2.24, 2.45) is 5.41 Å². The first-order valence-electron chi connectivity index (χ1n) is 12.3. The van der Waals surface area contributed by atoms with E-state index in [4.69, 9.17) is 0 Å². The van der Waals surface area contributed by atoms with Crippen LogP contribution in [0.1, 0.15) is 63.7 Å². The molecule has 0 spiro atoms. The second kappa shape index (κ2) is 9.42. The number of imide groups is 2. The van der Waals surface area contributed by atoms with Crippen LogP contribution in [0, 0.1) is 11.2 Å². The number of hydrogen-bond donors (Lipinski definition) is 2. The molecule has 3 aliphatic heterocycles. The molecule has 5 amide bonds. The molecule has 0 bridgehead atoms. The van der Waals surface area contributed by atoms with E-state index in [9.17, 15) is 28.4 Å². The predicted molar refractivity (Wildman–Crippen MR) is 131 cm³/mol. The summed E-state index contributed by atoms with van der Waals surface area (Å²) in [6, 6.07) is 9.97. The monoisotopic (exact) mass is 506 g/mol. The van der Waals surface area contributed by atoms with Gasteiger partial charge in [-0.3, -0.25) is 34.2 Å². The number of carbonyl (C=O) groups excluding carboxylic acids is 5. The normalized spacial score (nSPS) is 21.1. The molecule has 0 aliphatic carbocycles. The third-order valence-electron chi connectivity index (χ3n) is 7.55. The molecule has 2 aromatic rings. The highest BCUT2D eigenvalue weighted by Gasteiger charge is 2.45. The Labute approximate surface area is 213 Å². The zero-order valence-electron chi connectivity index (χ0n) is 20.4. The van der Waals surface area contributed by atoms with Gasteiger partial charge in [-0.15, -0.1) is 0 Å². The molecule has 2 N–H and O–H groups in total. The van der Waals surface area contributed by atoms with Crippen molar-refractivity contribution in [1.29, 1.82) is 0 Å². The lowest BCUT2D eigenvalue weighted by Gasteiger charge is -2.40. The molecule has 0 aromatic heterocycles. The molecule has 9 nitrogen and oxygen atoms in total. The summed E-state index contributed by atoms with van der Waals surface area (Å²) in [6.45, 7) is 3.83. The molecule has 2 fully saturated rings. The maximum Gasteiger partial charge on any atom is 0.262 e. The predicted octanol–water partition coefficient (Wildman–Crippen LogP) is 2.26. The Morgan fingerprint density at radius 2 is 1.76 bits per heavy atom. The van der Waals surface area contributed by atoms with Crippen molar-refractivity contribution >= 4 is 35.2 Å². The van der Waals surface area contributed by atoms with Crippen LogP contribution in [0.3, 0.4) is 0 Å². The minimum absolute atomic E-state index is 0.0206. The van der Waals surface area contributed by atoms with Crippen molar-refractivity contribution in [1.82, 2.24) is 15.5 Å². The summed E-state index contributed by atoms with van der Waals surface area (Å²) in [7, 11) is 0. The van der Waals surface area contributed by atoms with E-state index in [1.54, 1.807) is 24.3 Å². The Hall–Kier alpha value is -4.08. The van der Waals surface area contributed by atoms with Crippen LogP contribution in [0.4, 0.5) is 10.1 Å². The standard InChI is InChI=1S/C27H27FN4O5/c1-27(15-29-23(34)18-4-2-3-5-20(18)28)10-12-31(13-11-27)16-6-7-17-19(14-16)26(37)32(25(17)36)21-8-9-22(33)30-24(21)35/h2-7,14,21H,8-13,15H2,1H3,(H,29,34)(H,30,33,35). The number of carbonyl (C=O) groups is 5. The van der Waals surface area contributed by atoms with Crippen LogP contribution in [0.25, 0.3) is 0 Å². The molecule has 3 aliphatic rings. The molecule has 192 valence electrons. The van der Waals surface area contributed by atoms with E-state index >= 15 is 0 Å². The second-order valence-electron chi connectivity index (χ2n) is 10.1. The fourth-order valence-corrected chi connectivity index (χ4v) is 5.17. The van der Waals surface area contributed by atoms with Crippen LogP contribution in [0.2, 0.25) is 0 Å². The molecule has 5 rings (SSSR count). The van der Waals surface area contributed by atoms with E-state index in [0.29, 0.717) is 19.6 Å². The summed E-state index contributed by atoms with van der Waals surface area (Å²) in [6.07, 6.45) is 1.71. The SMILES string of the molecule is CC1(CNC(=O)c2ccccc2F)CCN(c2ccc3c(c2)C(=O)N(C2CCC(=O)NC2=O)C3=O)CC1. The number of rotatable bonds is 5. The third kappa shape index (κ3) is 4.59. The summed E-state index contributed by atoms with van der Waals surface area (Å²) in [5.74, 6) is -3.11. The van der Waals surface area contributed by atoms with Crippen molar-refractivity contribution < 1.29 is 28.4 Å². The number of anilines is 1. The first-order valence-corrected chi connectivity index (χ1v) is 12.3. The van der Waals surface area contributed by atoms with Crippen LogP contribution < -0.4 is 15.5 Å². The van der Waals surface area contributed by atoms with Crippen molar-refractivity contribution in [3.63, 3.8) is 0 Å². The number of nitrogens with one attached hydrogen (secondary N) is 2. The molecule has 3 heterocycles. The average Bonchev–Trinajstić information content (AvgIpc) is 3.13. The summed E-state index contributed by atoms with van der Waals surface area (Å²) in [5, 5.41) is 5.05. The molecule has 1 atom stereocenters. The van der Waals surface area contributed by atoms with Crippen LogP contribution in [0.15, 0.2) is 42.5 Å². The number of amides is 5. The largest absolute Gasteiger partial charge is 0.371 e. The van der Waals surface area contributed by atoms with Gasteiger partial charge in [0.2, 0.25) is 11.8 Å². The fourth-order valence-electron chi connectivity index (χ4n) is 5.17. The number of piperidine rings is 2. The van der Waals surface area contributed by atoms with Gasteiger partial charge in [0, 0.05) is 31.7 Å². The third-order valence-corrected chi connectivity index (χ3v) is 7.55. The van der Waals surface area contributed by atoms with Gasteiger partial charge in [-0.2, -0.15) is 0 Å². The molecule has 0 radical (unpaired) electrons. The summed E-state index contributed by atoms with van der Waals surface area (Å²) in [4.78, 5) is 65.3. The van der Waals surface area contributed by atoms with E-state index in [1.165, 1.54) is 18.2 Å². The smallest absolute Gasteiger partial charge is 0.262 e. The minimum atomic E-state index is -0.996. The zero-order valence-corrected chi connectivity index (χ0v) is 20.4. The maximum atomic E-state index is 13.9. The summed E-state index contributed by atoms with van der Waals surface area (Å²) >= 11 is 0. The topological polar surface area (TPSA) is 116 Å². The van der Waals surface area contributed by atoms with E-state index in [2.05, 4.69) is 22.5 Å². The van der Waals surface area contributed by atoms with Gasteiger partial charge in [-0.25, -0.2) is 4.39 Å². The minimum Gasteiger partial charge on any atom is -0.371 e. The molecule has 0 saturated carbocycles. The van der Waals surface area contributed by atoms with Crippen LogP contribution in [-0.2, 0) is 9.59 Å². The van der Waals surface area contributed by atoms with Gasteiger partial charge in [0.25, 0.3) is 17.7 Å². The highest BCUT2D eigenvalue weighted by molar-refractivity contribution is 6.23. The Morgan fingerprint density at radius 3 is 2.46 bits per heavy atom. The van der Waals surface area contributed by atoms with Crippen LogP contribution >= 0.6 is 0 Å². The quantitative estimate of drug-likeness (QED) is 0.601. The van der Waals surface area contributed by atoms with E-state index in [-0.39, 0.29) is 34.9 Å². The van der Waals surface area contributed by atoms with E-state index in [1.807, 2.05) is 0 Å². The molecular weight excluding hydrogens is 479 g/mol. The highest BCUT2D eigenvalue weighted by atomic mass is 19.1. The van der Waals surface area contributed by atoms with Crippen LogP contribution in [0.5, 0.6) is 0 Å². The molecule has 10 heteroatoms. The summed E-state index contributed by atoms with van der Waals surface area (Å²) in [5.41, 5.74) is 1.13. The Morgan fingerprint density at radius 1 is 1.05 bits per heavy atom. The van der Waals surface area contributed by atoms with Crippen molar-refractivity contribution in [2.75, 3.05) is 24.5 Å². The van der Waals surface area contributed by atoms with Gasteiger partial charge in [-0.1, -0.05) is 19.1 Å². The molecule has 2 saturated heterocycles. The van der Waals surface area contributed by atoms with Gasteiger partial charge in [-0.05, 0) is 55.0 Å². The fraction of sp³-hybridized carbons (Fsp3) is 0.370. The number of nitrogens with zero attached hydrogens (tertiary/aromatic N) is 2. The number of hydrogen-bond acceptors (Lipinski definition) is 6. The molecule has 2 aromatic carbocycles. The molecular formula is C27H27FN4O5. The Kier molecular flexibility index (Phi) is 6.26. The van der Waals surface area contributed by atoms with Gasteiger partial charge in [0.1, 0.15) is 11.9 Å². The molecule has 37 heavy (non-hydrogen) atoms. The zero-order chi connectivity index (χ0) is 26.3. The lowest BCUT2D eigenvalue weighted by molar-refractivity contribution is -0.136. The van der Waals surface area contributed by atoms with Crippen molar-refractivity contribution in [3.05, 3.63) is 65.0 Å². The number of benzene rings is 2. The van der Waals surface area contributed by atoms with Gasteiger partial charge in [0.05, 0.1) is 16.7 Å². The first-order chi connectivity index (χ1) is 17.7. The number of halogens is 1. The Bertz CT molecular complexity index is 1320. The van der Waals surface area contributed by atoms with E-state index in [0.717, 1.165) is 23.4 Å². The highest BCUT2D eigenvalue weighted by Crippen LogP contribution is 2.35. The second-order valence-corrected chi connectivity index (χ2v) is 10.1. The number of fused-ring (bicyclic) bond motifs is 1. The first kappa shape index (κ1) is 24.6. The van der Waals surface area contributed by atoms with Gasteiger partial charge < -0.3 is 10.2 Å². The van der Waals surface area contributed by atoms with Crippen molar-refractivity contribution in [2.45, 2.75) is 38.6 Å². The van der Waals surface area contributed by atoms with E-state index < -0.39 is 41.4 Å². The lowest BCUT2D eigenvalue weighted by atomic mass is 9.80. The average molecular weight is 507 g/mol. The molecule has 1 unspecified atom stereocenters. The van der Waals surface area contributed by atoms with Crippen LogP contribution in [-0.4, -0.2) is 60.1 Å². The van der Waals surface area contributed by atoms with Crippen molar-refractivity contribution in [3.8, 4) is 0 Å². The maximum absolute atomic E-state index is 13.9. The summed E-state index contributed by atoms with van der Waals surface area (Å²) < 4.78 is 13.9. The Balaban J connectivity index is 1.23. The van der Waals surface area contributed by atoms with Gasteiger partial charge >= 0.3 is 0 Å². The van der Waals surface area contributed by atoms with Gasteiger partial charge in [0.15, 0.2) is 0 Å².